The van der Waals surface area contributed by atoms with Gasteiger partial charge in [-0.1, -0.05) is 135 Å². The van der Waals surface area contributed by atoms with E-state index in [1.165, 1.54) is 70.6 Å². The Morgan fingerprint density at radius 2 is 0.878 bits per heavy atom. The highest BCUT2D eigenvalue weighted by Crippen LogP contribution is 2.16. The number of aliphatic hydroxyl groups is 5. The van der Waals surface area contributed by atoms with Gasteiger partial charge in [-0.15, -0.1) is 0 Å². The highest BCUT2D eigenvalue weighted by Gasteiger charge is 2.20. The maximum Gasteiger partial charge on any atom is 0.220 e. The summed E-state index contributed by atoms with van der Waals surface area (Å²) in [5.74, 6) is -0.0860. The second kappa shape index (κ2) is 30.7. The van der Waals surface area contributed by atoms with Crippen LogP contribution in [0.4, 0.5) is 0 Å². The lowest BCUT2D eigenvalue weighted by atomic mass is 9.99. The minimum atomic E-state index is -0.745. The Morgan fingerprint density at radius 3 is 1.29 bits per heavy atom. The van der Waals surface area contributed by atoms with E-state index in [0.717, 1.165) is 70.6 Å². The molecule has 41 heavy (non-hydrogen) atoms. The van der Waals surface area contributed by atoms with Gasteiger partial charge < -0.3 is 30.8 Å². The molecule has 0 rings (SSSR count). The molecule has 0 radical (unpaired) electrons. The monoisotopic (exact) mass is 588 g/mol. The van der Waals surface area contributed by atoms with Crippen LogP contribution in [0.1, 0.15) is 174 Å². The Bertz CT molecular complexity index is 549. The van der Waals surface area contributed by atoms with E-state index in [4.69, 9.17) is 5.11 Å². The van der Waals surface area contributed by atoms with Crippen molar-refractivity contribution in [2.24, 2.45) is 0 Å². The van der Waals surface area contributed by atoms with Crippen LogP contribution in [-0.4, -0.2) is 69.0 Å². The third-order valence-electron chi connectivity index (χ3n) is 8.37. The van der Waals surface area contributed by atoms with Crippen molar-refractivity contribution >= 4 is 5.91 Å². The van der Waals surface area contributed by atoms with Crippen LogP contribution in [0, 0.1) is 0 Å². The van der Waals surface area contributed by atoms with E-state index in [1.807, 2.05) is 0 Å². The van der Waals surface area contributed by atoms with Gasteiger partial charge in [-0.2, -0.15) is 0 Å². The van der Waals surface area contributed by atoms with Gasteiger partial charge in [-0.25, -0.2) is 0 Å². The molecule has 4 atom stereocenters. The van der Waals surface area contributed by atoms with Gasteiger partial charge in [0.25, 0.3) is 0 Å². The predicted molar refractivity (Wildman–Crippen MR) is 170 cm³/mol. The predicted octanol–water partition coefficient (Wildman–Crippen LogP) is 6.70. The summed E-state index contributed by atoms with van der Waals surface area (Å²) in [4.78, 5) is 12.3. The lowest BCUT2D eigenvalue weighted by molar-refractivity contribution is -0.123. The van der Waals surface area contributed by atoms with Crippen molar-refractivity contribution in [2.45, 2.75) is 198 Å². The Kier molecular flexibility index (Phi) is 30.2. The molecule has 7 nitrogen and oxygen atoms in total. The maximum absolute atomic E-state index is 12.3. The summed E-state index contributed by atoms with van der Waals surface area (Å²) in [7, 11) is 0. The summed E-state index contributed by atoms with van der Waals surface area (Å²) >= 11 is 0. The fourth-order valence-corrected chi connectivity index (χ4v) is 5.49. The average Bonchev–Trinajstić information content (AvgIpc) is 2.97. The molecule has 0 heterocycles. The van der Waals surface area contributed by atoms with Crippen molar-refractivity contribution in [3.05, 3.63) is 0 Å². The Labute approximate surface area is 252 Å². The van der Waals surface area contributed by atoms with Crippen LogP contribution in [0.5, 0.6) is 0 Å². The molecule has 0 spiro atoms. The SMILES string of the molecule is CCCCCCCCCCCCCCCC(=O)NC(CO)C(O)CCCCCCCC(O)C(O)CCCCCCO. The van der Waals surface area contributed by atoms with Gasteiger partial charge in [-0.05, 0) is 32.1 Å². The highest BCUT2D eigenvalue weighted by atomic mass is 16.3. The van der Waals surface area contributed by atoms with Gasteiger partial charge >= 0.3 is 0 Å². The standard InChI is InChI=1S/C34H69NO6/c1-2-3-4-5-6-7-8-9-10-11-12-16-22-27-34(41)35-30(29-37)31(38)24-19-14-13-15-20-25-32(39)33(40)26-21-17-18-23-28-36/h30-33,36-40H,2-29H2,1H3,(H,35,41). The van der Waals surface area contributed by atoms with E-state index in [-0.39, 0.29) is 19.1 Å². The number of hydrogen-bond donors (Lipinski definition) is 6. The first kappa shape index (κ1) is 40.3. The second-order valence-corrected chi connectivity index (χ2v) is 12.3. The van der Waals surface area contributed by atoms with E-state index in [2.05, 4.69) is 12.2 Å². The van der Waals surface area contributed by atoms with Crippen molar-refractivity contribution in [2.75, 3.05) is 13.2 Å². The van der Waals surface area contributed by atoms with Gasteiger partial charge in [0.15, 0.2) is 0 Å². The molecular weight excluding hydrogens is 518 g/mol. The minimum absolute atomic E-state index is 0.0860. The van der Waals surface area contributed by atoms with Crippen LogP contribution in [-0.2, 0) is 4.79 Å². The van der Waals surface area contributed by atoms with Gasteiger partial charge in [-0.3, -0.25) is 4.79 Å². The van der Waals surface area contributed by atoms with E-state index < -0.39 is 24.4 Å². The zero-order valence-corrected chi connectivity index (χ0v) is 26.8. The third-order valence-corrected chi connectivity index (χ3v) is 8.37. The number of carbonyl (C=O) groups excluding carboxylic acids is 1. The van der Waals surface area contributed by atoms with Crippen molar-refractivity contribution in [3.8, 4) is 0 Å². The first-order valence-corrected chi connectivity index (χ1v) is 17.5. The molecule has 0 aromatic heterocycles. The molecule has 0 aliphatic carbocycles. The van der Waals surface area contributed by atoms with Crippen LogP contribution < -0.4 is 5.32 Å². The van der Waals surface area contributed by atoms with Gasteiger partial charge in [0, 0.05) is 13.0 Å². The summed E-state index contributed by atoms with van der Waals surface area (Å²) in [5, 5.41) is 51.9. The molecular formula is C34H69NO6. The van der Waals surface area contributed by atoms with Crippen molar-refractivity contribution in [1.82, 2.24) is 5.32 Å². The topological polar surface area (TPSA) is 130 Å². The summed E-state index contributed by atoms with van der Waals surface area (Å²) in [5.41, 5.74) is 0. The second-order valence-electron chi connectivity index (χ2n) is 12.3. The highest BCUT2D eigenvalue weighted by molar-refractivity contribution is 5.76. The molecule has 0 aromatic carbocycles. The molecule has 6 N–H and O–H groups in total. The Morgan fingerprint density at radius 1 is 0.512 bits per heavy atom. The summed E-state index contributed by atoms with van der Waals surface area (Å²) in [6.45, 7) is 2.21. The molecule has 1 amide bonds. The lowest BCUT2D eigenvalue weighted by Gasteiger charge is -2.22. The van der Waals surface area contributed by atoms with E-state index in [1.54, 1.807) is 0 Å². The molecule has 0 aromatic rings. The number of aliphatic hydroxyl groups excluding tert-OH is 5. The van der Waals surface area contributed by atoms with Crippen LogP contribution in [0.2, 0.25) is 0 Å². The quantitative estimate of drug-likeness (QED) is 0.0486. The number of hydrogen-bond acceptors (Lipinski definition) is 6. The molecule has 0 aliphatic heterocycles. The largest absolute Gasteiger partial charge is 0.396 e. The van der Waals surface area contributed by atoms with Crippen molar-refractivity contribution in [3.63, 3.8) is 0 Å². The van der Waals surface area contributed by atoms with E-state index in [0.29, 0.717) is 25.7 Å². The summed E-state index contributed by atoms with van der Waals surface area (Å²) in [6, 6.07) is -0.607. The van der Waals surface area contributed by atoms with Gasteiger partial charge in [0.2, 0.25) is 5.91 Å². The van der Waals surface area contributed by atoms with E-state index >= 15 is 0 Å². The van der Waals surface area contributed by atoms with Crippen LogP contribution in [0.25, 0.3) is 0 Å². The number of unbranched alkanes of at least 4 members (excludes halogenated alkanes) is 19. The molecule has 0 bridgehead atoms. The molecule has 0 saturated carbocycles. The molecule has 0 fully saturated rings. The molecule has 0 aliphatic rings. The van der Waals surface area contributed by atoms with Crippen molar-refractivity contribution < 1.29 is 30.3 Å². The molecule has 246 valence electrons. The summed E-state index contributed by atoms with van der Waals surface area (Å²) in [6.07, 6.45) is 24.8. The lowest BCUT2D eigenvalue weighted by Crippen LogP contribution is -2.45. The first-order valence-electron chi connectivity index (χ1n) is 17.5. The van der Waals surface area contributed by atoms with E-state index in [9.17, 15) is 25.2 Å². The fraction of sp³-hybridized carbons (Fsp3) is 0.971. The number of carbonyl (C=O) groups is 1. The van der Waals surface area contributed by atoms with Gasteiger partial charge in [0.1, 0.15) is 0 Å². The number of rotatable bonds is 32. The zero-order chi connectivity index (χ0) is 30.4. The molecule has 4 unspecified atom stereocenters. The first-order chi connectivity index (χ1) is 20.0. The van der Waals surface area contributed by atoms with Gasteiger partial charge in [0.05, 0.1) is 31.0 Å². The third kappa shape index (κ3) is 26.6. The number of nitrogens with one attached hydrogen (secondary N) is 1. The summed E-state index contributed by atoms with van der Waals surface area (Å²) < 4.78 is 0. The Balaban J connectivity index is 3.69. The van der Waals surface area contributed by atoms with Crippen LogP contribution in [0.3, 0.4) is 0 Å². The zero-order valence-electron chi connectivity index (χ0n) is 26.8. The average molecular weight is 588 g/mol. The fourth-order valence-electron chi connectivity index (χ4n) is 5.49. The smallest absolute Gasteiger partial charge is 0.220 e. The Hall–Kier alpha value is -0.730. The maximum atomic E-state index is 12.3. The number of amides is 1. The van der Waals surface area contributed by atoms with Crippen LogP contribution >= 0.6 is 0 Å². The van der Waals surface area contributed by atoms with Crippen LogP contribution in [0.15, 0.2) is 0 Å². The normalized spacial score (nSPS) is 14.6. The molecule has 0 saturated heterocycles. The van der Waals surface area contributed by atoms with Crippen molar-refractivity contribution in [1.29, 1.82) is 0 Å². The molecule has 7 heteroatoms. The minimum Gasteiger partial charge on any atom is -0.396 e.